The van der Waals surface area contributed by atoms with Crippen molar-refractivity contribution in [1.82, 2.24) is 14.3 Å². The molecule has 0 spiro atoms. The van der Waals surface area contributed by atoms with Gasteiger partial charge in [0.1, 0.15) is 18.0 Å². The van der Waals surface area contributed by atoms with E-state index < -0.39 is 16.9 Å². The number of ether oxygens (including phenoxy) is 2. The number of carbonyl (C=O) groups excluding carboxylic acids is 1. The van der Waals surface area contributed by atoms with Crippen LogP contribution in [0, 0.1) is 5.82 Å². The molecule has 0 atom stereocenters. The molecule has 0 aliphatic heterocycles. The van der Waals surface area contributed by atoms with Crippen LogP contribution in [0.15, 0.2) is 82.8 Å². The van der Waals surface area contributed by atoms with Crippen LogP contribution >= 0.6 is 0 Å². The molecule has 0 unspecified atom stereocenters. The summed E-state index contributed by atoms with van der Waals surface area (Å²) in [5, 5.41) is 2.67. The highest BCUT2D eigenvalue weighted by molar-refractivity contribution is 5.94. The van der Waals surface area contributed by atoms with Gasteiger partial charge in [-0.2, -0.15) is 0 Å². The number of pyridine rings is 1. The molecule has 36 heavy (non-hydrogen) atoms. The summed E-state index contributed by atoms with van der Waals surface area (Å²) in [5.41, 5.74) is 0.254. The lowest BCUT2D eigenvalue weighted by molar-refractivity contribution is 0.0948. The molecule has 9 heteroatoms. The number of rotatable bonds is 10. The first-order valence-electron chi connectivity index (χ1n) is 11.4. The minimum atomic E-state index is -0.686. The highest BCUT2D eigenvalue weighted by Crippen LogP contribution is 2.16. The first-order valence-corrected chi connectivity index (χ1v) is 11.4. The zero-order chi connectivity index (χ0) is 25.5. The third kappa shape index (κ3) is 5.69. The third-order valence-corrected chi connectivity index (χ3v) is 5.65. The lowest BCUT2D eigenvalue weighted by atomic mass is 10.2. The van der Waals surface area contributed by atoms with E-state index in [9.17, 15) is 18.8 Å². The number of hydrogen-bond donors (Lipinski definition) is 1. The van der Waals surface area contributed by atoms with Crippen molar-refractivity contribution in [3.05, 3.63) is 116 Å². The van der Waals surface area contributed by atoms with E-state index in [-0.39, 0.29) is 35.8 Å². The molecular formula is C27H26FN3O5. The van der Waals surface area contributed by atoms with Crippen LogP contribution in [0.3, 0.4) is 0 Å². The number of halogens is 1. The highest BCUT2D eigenvalue weighted by Gasteiger charge is 2.21. The number of carbonyl (C=O) groups is 1. The summed E-state index contributed by atoms with van der Waals surface area (Å²) >= 11 is 0. The third-order valence-electron chi connectivity index (χ3n) is 5.65. The molecule has 1 amide bonds. The van der Waals surface area contributed by atoms with Gasteiger partial charge in [-0.15, -0.1) is 0 Å². The van der Waals surface area contributed by atoms with E-state index in [1.165, 1.54) is 27.3 Å². The summed E-state index contributed by atoms with van der Waals surface area (Å²) in [6, 6.07) is 14.9. The van der Waals surface area contributed by atoms with Crippen molar-refractivity contribution in [2.45, 2.75) is 26.1 Å². The van der Waals surface area contributed by atoms with Gasteiger partial charge in [0.15, 0.2) is 11.3 Å². The van der Waals surface area contributed by atoms with Crippen molar-refractivity contribution in [3.8, 4) is 5.75 Å². The second-order valence-corrected chi connectivity index (χ2v) is 8.18. The first-order chi connectivity index (χ1) is 17.5. The maximum absolute atomic E-state index is 13.4. The summed E-state index contributed by atoms with van der Waals surface area (Å²) in [4.78, 5) is 39.6. The molecule has 0 bridgehead atoms. The Morgan fingerprint density at radius 3 is 2.47 bits per heavy atom. The average Bonchev–Trinajstić information content (AvgIpc) is 2.89. The number of benzene rings is 2. The van der Waals surface area contributed by atoms with E-state index in [0.29, 0.717) is 25.1 Å². The summed E-state index contributed by atoms with van der Waals surface area (Å²) in [6.45, 7) is 1.03. The van der Waals surface area contributed by atoms with Gasteiger partial charge in [-0.25, -0.2) is 4.39 Å². The van der Waals surface area contributed by atoms with Gasteiger partial charge in [-0.05, 0) is 29.7 Å². The molecule has 1 N–H and O–H groups in total. The molecule has 2 heterocycles. The number of nitrogens with one attached hydrogen (secondary N) is 1. The van der Waals surface area contributed by atoms with E-state index in [1.807, 2.05) is 30.3 Å². The van der Waals surface area contributed by atoms with Crippen LogP contribution in [-0.2, 0) is 24.4 Å². The standard InChI is InChI=1S/C27H26FN3O5/c1-35-15-5-12-30-13-14-31-17-22(26(33)29-16-19-8-10-21(28)11-9-19)24(32)25(23(31)27(30)34)36-18-20-6-3-2-4-7-20/h2-4,6-11,13-14,17H,5,12,15-16,18H2,1H3,(H,29,33). The Bertz CT molecular complexity index is 1460. The van der Waals surface area contributed by atoms with Crippen LogP contribution in [0.4, 0.5) is 4.39 Å². The first kappa shape index (κ1) is 24.9. The number of fused-ring (bicyclic) bond motifs is 1. The molecule has 0 saturated heterocycles. The summed E-state index contributed by atoms with van der Waals surface area (Å²) in [6.07, 6.45) is 5.14. The molecule has 0 aliphatic rings. The largest absolute Gasteiger partial charge is 0.483 e. The number of nitrogens with zero attached hydrogens (tertiary/aromatic N) is 2. The van der Waals surface area contributed by atoms with Crippen molar-refractivity contribution < 1.29 is 18.7 Å². The van der Waals surface area contributed by atoms with E-state index >= 15 is 0 Å². The van der Waals surface area contributed by atoms with Crippen molar-refractivity contribution in [1.29, 1.82) is 0 Å². The molecular weight excluding hydrogens is 465 g/mol. The molecule has 2 aromatic heterocycles. The highest BCUT2D eigenvalue weighted by atomic mass is 19.1. The Morgan fingerprint density at radius 1 is 1.00 bits per heavy atom. The second kappa shape index (κ2) is 11.5. The van der Waals surface area contributed by atoms with Gasteiger partial charge in [0.2, 0.25) is 5.43 Å². The van der Waals surface area contributed by atoms with Gasteiger partial charge in [0.25, 0.3) is 11.5 Å². The fraction of sp³-hybridized carbons (Fsp3) is 0.222. The lowest BCUT2D eigenvalue weighted by Gasteiger charge is -2.14. The number of aromatic nitrogens is 2. The molecule has 0 aliphatic carbocycles. The predicted octanol–water partition coefficient (Wildman–Crippen LogP) is 3.15. The van der Waals surface area contributed by atoms with E-state index in [4.69, 9.17) is 9.47 Å². The maximum atomic E-state index is 13.4. The van der Waals surface area contributed by atoms with Crippen LogP contribution in [0.1, 0.15) is 27.9 Å². The van der Waals surface area contributed by atoms with Gasteiger partial charge in [0.05, 0.1) is 0 Å². The number of amides is 1. The molecule has 186 valence electrons. The minimum Gasteiger partial charge on any atom is -0.483 e. The lowest BCUT2D eigenvalue weighted by Crippen LogP contribution is -2.32. The molecule has 0 radical (unpaired) electrons. The van der Waals surface area contributed by atoms with E-state index in [2.05, 4.69) is 5.32 Å². The quantitative estimate of drug-likeness (QED) is 0.344. The molecule has 0 fully saturated rings. The second-order valence-electron chi connectivity index (χ2n) is 8.18. The maximum Gasteiger partial charge on any atom is 0.278 e. The fourth-order valence-corrected chi connectivity index (χ4v) is 3.75. The van der Waals surface area contributed by atoms with Gasteiger partial charge < -0.3 is 23.8 Å². The van der Waals surface area contributed by atoms with Crippen molar-refractivity contribution in [2.24, 2.45) is 0 Å². The Labute approximate surface area is 206 Å². The Balaban J connectivity index is 1.71. The molecule has 4 rings (SSSR count). The fourth-order valence-electron chi connectivity index (χ4n) is 3.75. The minimum absolute atomic E-state index is 0.0460. The smallest absolute Gasteiger partial charge is 0.278 e. The van der Waals surface area contributed by atoms with E-state index in [1.54, 1.807) is 31.6 Å². The SMILES string of the molecule is COCCCn1ccn2cc(C(=O)NCc3ccc(F)cc3)c(=O)c(OCc3ccccc3)c2c1=O. The summed E-state index contributed by atoms with van der Waals surface area (Å²) < 4.78 is 27.0. The number of hydrogen-bond acceptors (Lipinski definition) is 5. The number of methoxy groups -OCH3 is 1. The Hall–Kier alpha value is -4.24. The monoisotopic (exact) mass is 491 g/mol. The van der Waals surface area contributed by atoms with Crippen LogP contribution in [0.5, 0.6) is 5.75 Å². The van der Waals surface area contributed by atoms with Crippen molar-refractivity contribution >= 4 is 11.4 Å². The molecule has 8 nitrogen and oxygen atoms in total. The van der Waals surface area contributed by atoms with Crippen LogP contribution < -0.4 is 21.0 Å². The van der Waals surface area contributed by atoms with Crippen molar-refractivity contribution in [3.63, 3.8) is 0 Å². The summed E-state index contributed by atoms with van der Waals surface area (Å²) in [5.74, 6) is -1.21. The van der Waals surface area contributed by atoms with Gasteiger partial charge >= 0.3 is 0 Å². The normalized spacial score (nSPS) is 10.9. The van der Waals surface area contributed by atoms with Gasteiger partial charge in [-0.1, -0.05) is 42.5 Å². The van der Waals surface area contributed by atoms with Crippen LogP contribution in [0.2, 0.25) is 0 Å². The Morgan fingerprint density at radius 2 is 1.75 bits per heavy atom. The average molecular weight is 492 g/mol. The van der Waals surface area contributed by atoms with E-state index in [0.717, 1.165) is 5.56 Å². The van der Waals surface area contributed by atoms with Crippen LogP contribution in [0.25, 0.3) is 5.52 Å². The molecule has 2 aromatic carbocycles. The van der Waals surface area contributed by atoms with Crippen LogP contribution in [-0.4, -0.2) is 28.6 Å². The molecule has 4 aromatic rings. The van der Waals surface area contributed by atoms with Crippen molar-refractivity contribution in [2.75, 3.05) is 13.7 Å². The summed E-state index contributed by atoms with van der Waals surface area (Å²) in [7, 11) is 1.58. The van der Waals surface area contributed by atoms with Gasteiger partial charge in [-0.3, -0.25) is 14.4 Å². The predicted molar refractivity (Wildman–Crippen MR) is 133 cm³/mol. The van der Waals surface area contributed by atoms with Gasteiger partial charge in [0, 0.05) is 45.4 Å². The molecule has 0 saturated carbocycles. The topological polar surface area (TPSA) is 91.0 Å². The zero-order valence-corrected chi connectivity index (χ0v) is 19.8. The zero-order valence-electron chi connectivity index (χ0n) is 19.8. The Kier molecular flexibility index (Phi) is 7.92. The number of aryl methyl sites for hydroxylation is 1.